The summed E-state index contributed by atoms with van der Waals surface area (Å²) in [5, 5.41) is 14.9. The Labute approximate surface area is 144 Å². The van der Waals surface area contributed by atoms with E-state index in [1.54, 1.807) is 6.07 Å². The van der Waals surface area contributed by atoms with E-state index in [2.05, 4.69) is 10.2 Å². The largest absolute Gasteiger partial charge is 0.393 e. The molecule has 6 heteroatoms. The Kier molecular flexibility index (Phi) is 5.33. The second-order valence-electron chi connectivity index (χ2n) is 5.72. The number of thiophene rings is 1. The van der Waals surface area contributed by atoms with E-state index in [4.69, 9.17) is 11.6 Å². The first-order valence-corrected chi connectivity index (χ1v) is 8.92. The van der Waals surface area contributed by atoms with Gasteiger partial charge in [-0.25, -0.2) is 0 Å². The van der Waals surface area contributed by atoms with Crippen LogP contribution >= 0.6 is 22.9 Å². The minimum Gasteiger partial charge on any atom is -0.393 e. The van der Waals surface area contributed by atoms with Crippen LogP contribution in [0, 0.1) is 0 Å². The molecule has 122 valence electrons. The fourth-order valence-electron chi connectivity index (χ4n) is 2.73. The van der Waals surface area contributed by atoms with Gasteiger partial charge in [0.1, 0.15) is 4.88 Å². The first-order chi connectivity index (χ1) is 11.1. The smallest absolute Gasteiger partial charge is 0.267 e. The lowest BCUT2D eigenvalue weighted by molar-refractivity contribution is 0.0793. The highest BCUT2D eigenvalue weighted by atomic mass is 35.5. The second kappa shape index (κ2) is 7.45. The number of amides is 1. The van der Waals surface area contributed by atoms with E-state index < -0.39 is 0 Å². The summed E-state index contributed by atoms with van der Waals surface area (Å²) < 4.78 is 0. The van der Waals surface area contributed by atoms with Crippen LogP contribution in [0.5, 0.6) is 0 Å². The van der Waals surface area contributed by atoms with E-state index in [9.17, 15) is 9.90 Å². The number of benzene rings is 1. The van der Waals surface area contributed by atoms with Crippen LogP contribution in [-0.2, 0) is 6.54 Å². The van der Waals surface area contributed by atoms with Crippen LogP contribution in [0.1, 0.15) is 28.1 Å². The minimum atomic E-state index is -0.179. The van der Waals surface area contributed by atoms with Crippen LogP contribution in [0.2, 0.25) is 5.02 Å². The normalized spacial score (nSPS) is 16.4. The number of nitrogens with zero attached hydrogens (tertiary/aromatic N) is 1. The van der Waals surface area contributed by atoms with Gasteiger partial charge in [-0.05, 0) is 35.9 Å². The zero-order valence-electron chi connectivity index (χ0n) is 12.7. The maximum atomic E-state index is 12.4. The van der Waals surface area contributed by atoms with Crippen LogP contribution in [0.25, 0.3) is 0 Å². The van der Waals surface area contributed by atoms with E-state index in [-0.39, 0.29) is 12.0 Å². The van der Waals surface area contributed by atoms with E-state index in [0.29, 0.717) is 9.90 Å². The predicted octanol–water partition coefficient (Wildman–Crippen LogP) is 3.61. The van der Waals surface area contributed by atoms with Crippen molar-refractivity contribution in [2.75, 3.05) is 18.4 Å². The number of piperidine rings is 1. The van der Waals surface area contributed by atoms with Crippen LogP contribution in [0.4, 0.5) is 5.69 Å². The molecular weight excluding hydrogens is 332 g/mol. The Bertz CT molecular complexity index is 681. The fraction of sp³-hybridized carbons (Fsp3) is 0.353. The number of rotatable bonds is 4. The molecule has 0 radical (unpaired) electrons. The van der Waals surface area contributed by atoms with E-state index in [1.807, 2.05) is 29.6 Å². The summed E-state index contributed by atoms with van der Waals surface area (Å²) in [5.74, 6) is -0.175. The Morgan fingerprint density at radius 1 is 1.30 bits per heavy atom. The number of hydrogen-bond acceptors (Lipinski definition) is 4. The molecule has 2 heterocycles. The summed E-state index contributed by atoms with van der Waals surface area (Å²) in [6, 6.07) is 9.55. The van der Waals surface area contributed by atoms with Gasteiger partial charge in [0, 0.05) is 25.3 Å². The van der Waals surface area contributed by atoms with Crippen molar-refractivity contribution in [3.63, 3.8) is 0 Å². The molecule has 1 fully saturated rings. The van der Waals surface area contributed by atoms with Crippen molar-refractivity contribution in [3.8, 4) is 0 Å². The second-order valence-corrected chi connectivity index (χ2v) is 7.04. The monoisotopic (exact) mass is 350 g/mol. The van der Waals surface area contributed by atoms with Crippen molar-refractivity contribution in [2.24, 2.45) is 0 Å². The molecule has 23 heavy (non-hydrogen) atoms. The van der Waals surface area contributed by atoms with Gasteiger partial charge in [0.25, 0.3) is 5.91 Å². The lowest BCUT2D eigenvalue weighted by Gasteiger charge is -2.30. The summed E-state index contributed by atoms with van der Waals surface area (Å²) in [4.78, 5) is 15.2. The average molecular weight is 351 g/mol. The van der Waals surface area contributed by atoms with Crippen LogP contribution in [0.3, 0.4) is 0 Å². The minimum absolute atomic E-state index is 0.175. The Morgan fingerprint density at radius 3 is 2.74 bits per heavy atom. The van der Waals surface area contributed by atoms with Gasteiger partial charge in [-0.2, -0.15) is 0 Å². The maximum absolute atomic E-state index is 12.4. The Hall–Kier alpha value is -1.40. The average Bonchev–Trinajstić information content (AvgIpc) is 2.97. The summed E-state index contributed by atoms with van der Waals surface area (Å²) in [6.45, 7) is 2.52. The van der Waals surface area contributed by atoms with Crippen LogP contribution in [0.15, 0.2) is 35.7 Å². The summed E-state index contributed by atoms with van der Waals surface area (Å²) in [6.07, 6.45) is 1.43. The third kappa shape index (κ3) is 4.12. The molecule has 1 aromatic carbocycles. The van der Waals surface area contributed by atoms with Gasteiger partial charge < -0.3 is 10.4 Å². The highest BCUT2D eigenvalue weighted by Crippen LogP contribution is 2.25. The van der Waals surface area contributed by atoms with Crippen molar-refractivity contribution >= 4 is 34.5 Å². The maximum Gasteiger partial charge on any atom is 0.267 e. The predicted molar refractivity (Wildman–Crippen MR) is 94.2 cm³/mol. The van der Waals surface area contributed by atoms with Gasteiger partial charge in [0.2, 0.25) is 0 Å². The molecule has 4 nitrogen and oxygen atoms in total. The molecule has 0 aliphatic carbocycles. The zero-order chi connectivity index (χ0) is 16.2. The molecular formula is C17H19ClN2O2S. The molecule has 1 aromatic heterocycles. The van der Waals surface area contributed by atoms with E-state index in [1.165, 1.54) is 11.3 Å². The van der Waals surface area contributed by atoms with Gasteiger partial charge in [-0.1, -0.05) is 29.8 Å². The van der Waals surface area contributed by atoms with Crippen molar-refractivity contribution in [2.45, 2.75) is 25.5 Å². The van der Waals surface area contributed by atoms with E-state index in [0.717, 1.165) is 43.7 Å². The molecule has 1 amide bonds. The molecule has 0 saturated carbocycles. The number of carbonyl (C=O) groups excluding carboxylic acids is 1. The third-order valence-corrected chi connectivity index (χ3v) is 5.38. The molecule has 1 saturated heterocycles. The fourth-order valence-corrected chi connectivity index (χ4v) is 3.77. The molecule has 0 atom stereocenters. The number of aliphatic hydroxyl groups excluding tert-OH is 1. The van der Waals surface area contributed by atoms with Crippen molar-refractivity contribution in [1.82, 2.24) is 4.90 Å². The molecule has 2 aromatic rings. The van der Waals surface area contributed by atoms with Crippen molar-refractivity contribution in [1.29, 1.82) is 0 Å². The molecule has 1 aliphatic heterocycles. The first-order valence-electron chi connectivity index (χ1n) is 7.66. The number of hydrogen-bond donors (Lipinski definition) is 2. The molecule has 3 rings (SSSR count). The summed E-state index contributed by atoms with van der Waals surface area (Å²) in [5.41, 5.74) is 1.89. The molecule has 1 aliphatic rings. The number of nitrogens with one attached hydrogen (secondary N) is 1. The number of likely N-dealkylation sites (tertiary alicyclic amines) is 1. The number of aliphatic hydroxyl groups is 1. The zero-order valence-corrected chi connectivity index (χ0v) is 14.2. The van der Waals surface area contributed by atoms with Crippen LogP contribution in [-0.4, -0.2) is 35.1 Å². The highest BCUT2D eigenvalue weighted by Gasteiger charge is 2.19. The number of halogens is 1. The summed E-state index contributed by atoms with van der Waals surface area (Å²) in [7, 11) is 0. The highest BCUT2D eigenvalue weighted by molar-refractivity contribution is 7.12. The van der Waals surface area contributed by atoms with Gasteiger partial charge in [0.05, 0.1) is 11.1 Å². The molecule has 0 bridgehead atoms. The van der Waals surface area contributed by atoms with Gasteiger partial charge in [0.15, 0.2) is 0 Å². The SMILES string of the molecule is O=C(Nc1ccccc1CN1CCC(O)CC1)c1sccc1Cl. The molecule has 0 spiro atoms. The third-order valence-electron chi connectivity index (χ3n) is 4.04. The number of carbonyl (C=O) groups is 1. The standard InChI is InChI=1S/C17H19ClN2O2S/c18-14-7-10-23-16(14)17(22)19-15-4-2-1-3-12(15)11-20-8-5-13(21)6-9-20/h1-4,7,10,13,21H,5-6,8-9,11H2,(H,19,22). The summed E-state index contributed by atoms with van der Waals surface area (Å²) >= 11 is 7.36. The quantitative estimate of drug-likeness (QED) is 0.885. The Morgan fingerprint density at radius 2 is 2.04 bits per heavy atom. The lowest BCUT2D eigenvalue weighted by Crippen LogP contribution is -2.35. The van der Waals surface area contributed by atoms with Gasteiger partial charge in [-0.3, -0.25) is 9.69 Å². The van der Waals surface area contributed by atoms with Gasteiger partial charge >= 0.3 is 0 Å². The van der Waals surface area contributed by atoms with E-state index >= 15 is 0 Å². The van der Waals surface area contributed by atoms with Crippen molar-refractivity contribution < 1.29 is 9.90 Å². The first kappa shape index (κ1) is 16.5. The topological polar surface area (TPSA) is 52.6 Å². The molecule has 0 unspecified atom stereocenters. The number of para-hydroxylation sites is 1. The Balaban J connectivity index is 1.70. The van der Waals surface area contributed by atoms with Crippen molar-refractivity contribution in [3.05, 3.63) is 51.2 Å². The van der Waals surface area contributed by atoms with Crippen LogP contribution < -0.4 is 5.32 Å². The number of anilines is 1. The molecule has 2 N–H and O–H groups in total. The van der Waals surface area contributed by atoms with Gasteiger partial charge in [-0.15, -0.1) is 11.3 Å². The lowest BCUT2D eigenvalue weighted by atomic mass is 10.1.